The molecular formula is C15H10N4O3S. The van der Waals surface area contributed by atoms with Gasteiger partial charge < -0.3 is 5.11 Å². The van der Waals surface area contributed by atoms with E-state index in [-0.39, 0.29) is 11.4 Å². The standard InChI is InChI=1S/C15H10N4O3S/c20-13-8-4-2-6-11(13)14-17-18-15(23-14)16-9-10-5-1-3-7-12(10)19(21)22/h1-9,20H/b16-9+. The zero-order valence-corrected chi connectivity index (χ0v) is 12.5. The van der Waals surface area contributed by atoms with Crippen LogP contribution in [0.3, 0.4) is 0 Å². The summed E-state index contributed by atoms with van der Waals surface area (Å²) in [6, 6.07) is 13.1. The summed E-state index contributed by atoms with van der Waals surface area (Å²) in [7, 11) is 0. The number of phenolic OH excluding ortho intramolecular Hbond substituents is 1. The van der Waals surface area contributed by atoms with Gasteiger partial charge in [-0.3, -0.25) is 10.1 Å². The first-order valence-corrected chi connectivity index (χ1v) is 7.36. The fourth-order valence-corrected chi connectivity index (χ4v) is 2.64. The lowest BCUT2D eigenvalue weighted by molar-refractivity contribution is -0.385. The van der Waals surface area contributed by atoms with E-state index in [1.807, 2.05) is 0 Å². The predicted molar refractivity (Wildman–Crippen MR) is 87.4 cm³/mol. The number of hydrogen-bond acceptors (Lipinski definition) is 7. The van der Waals surface area contributed by atoms with Crippen molar-refractivity contribution in [3.63, 3.8) is 0 Å². The van der Waals surface area contributed by atoms with E-state index in [0.29, 0.717) is 21.3 Å². The second-order valence-electron chi connectivity index (χ2n) is 4.48. The molecular weight excluding hydrogens is 316 g/mol. The lowest BCUT2D eigenvalue weighted by atomic mass is 10.2. The van der Waals surface area contributed by atoms with Crippen LogP contribution in [-0.4, -0.2) is 26.4 Å². The van der Waals surface area contributed by atoms with Gasteiger partial charge in [-0.05, 0) is 18.2 Å². The Balaban J connectivity index is 1.88. The average molecular weight is 326 g/mol. The first-order chi connectivity index (χ1) is 11.1. The van der Waals surface area contributed by atoms with Gasteiger partial charge in [0.1, 0.15) is 5.75 Å². The van der Waals surface area contributed by atoms with Crippen LogP contribution in [0.15, 0.2) is 53.5 Å². The summed E-state index contributed by atoms with van der Waals surface area (Å²) >= 11 is 1.18. The third-order valence-electron chi connectivity index (χ3n) is 3.00. The molecule has 2 aromatic carbocycles. The highest BCUT2D eigenvalue weighted by Gasteiger charge is 2.12. The molecule has 0 saturated heterocycles. The Bertz CT molecular complexity index is 892. The van der Waals surface area contributed by atoms with Crippen LogP contribution < -0.4 is 0 Å². The van der Waals surface area contributed by atoms with E-state index < -0.39 is 4.92 Å². The molecule has 1 N–H and O–H groups in total. The van der Waals surface area contributed by atoms with Gasteiger partial charge in [0, 0.05) is 12.3 Å². The molecule has 1 heterocycles. The predicted octanol–water partition coefficient (Wildman–Crippen LogP) is 3.57. The van der Waals surface area contributed by atoms with Crippen molar-refractivity contribution in [3.05, 3.63) is 64.2 Å². The van der Waals surface area contributed by atoms with Crippen LogP contribution in [0.1, 0.15) is 5.56 Å². The second kappa shape index (κ2) is 6.32. The number of nitro benzene ring substituents is 1. The van der Waals surface area contributed by atoms with Crippen molar-refractivity contribution in [2.45, 2.75) is 0 Å². The first kappa shape index (κ1) is 14.8. The van der Waals surface area contributed by atoms with Crippen LogP contribution in [0.4, 0.5) is 10.8 Å². The number of aromatic nitrogens is 2. The monoisotopic (exact) mass is 326 g/mol. The summed E-state index contributed by atoms with van der Waals surface area (Å²) < 4.78 is 0. The number of benzene rings is 2. The van der Waals surface area contributed by atoms with Gasteiger partial charge in [0.25, 0.3) is 5.69 Å². The Hall–Kier alpha value is -3.13. The maximum Gasteiger partial charge on any atom is 0.278 e. The van der Waals surface area contributed by atoms with Gasteiger partial charge in [-0.25, -0.2) is 4.99 Å². The van der Waals surface area contributed by atoms with Crippen LogP contribution in [0.2, 0.25) is 0 Å². The van der Waals surface area contributed by atoms with Gasteiger partial charge in [-0.2, -0.15) is 0 Å². The fraction of sp³-hybridized carbons (Fsp3) is 0. The third kappa shape index (κ3) is 3.22. The third-order valence-corrected chi connectivity index (χ3v) is 3.86. The van der Waals surface area contributed by atoms with Crippen LogP contribution in [-0.2, 0) is 0 Å². The van der Waals surface area contributed by atoms with Crippen molar-refractivity contribution in [2.75, 3.05) is 0 Å². The van der Waals surface area contributed by atoms with E-state index in [4.69, 9.17) is 0 Å². The topological polar surface area (TPSA) is 102 Å². The van der Waals surface area contributed by atoms with E-state index in [9.17, 15) is 15.2 Å². The van der Waals surface area contributed by atoms with E-state index in [1.54, 1.807) is 42.5 Å². The minimum Gasteiger partial charge on any atom is -0.507 e. The normalized spacial score (nSPS) is 11.0. The summed E-state index contributed by atoms with van der Waals surface area (Å²) in [6.45, 7) is 0. The van der Waals surface area contributed by atoms with Gasteiger partial charge >= 0.3 is 0 Å². The smallest absolute Gasteiger partial charge is 0.278 e. The van der Waals surface area contributed by atoms with Crippen molar-refractivity contribution in [2.24, 2.45) is 4.99 Å². The lowest BCUT2D eigenvalue weighted by Gasteiger charge is -1.97. The number of phenols is 1. The van der Waals surface area contributed by atoms with Crippen LogP contribution in [0.25, 0.3) is 10.6 Å². The molecule has 3 aromatic rings. The Kier molecular flexibility index (Phi) is 4.07. The molecule has 3 rings (SSSR count). The lowest BCUT2D eigenvalue weighted by Crippen LogP contribution is -1.93. The number of nitro groups is 1. The van der Waals surface area contributed by atoms with Gasteiger partial charge in [0.15, 0.2) is 5.01 Å². The van der Waals surface area contributed by atoms with Crippen molar-refractivity contribution in [1.29, 1.82) is 0 Å². The van der Waals surface area contributed by atoms with E-state index in [2.05, 4.69) is 15.2 Å². The zero-order valence-electron chi connectivity index (χ0n) is 11.7. The summed E-state index contributed by atoms with van der Waals surface area (Å²) in [6.07, 6.45) is 1.38. The van der Waals surface area contributed by atoms with Gasteiger partial charge in [-0.15, -0.1) is 10.2 Å². The molecule has 0 bridgehead atoms. The van der Waals surface area contributed by atoms with E-state index in [1.165, 1.54) is 23.6 Å². The maximum absolute atomic E-state index is 11.0. The molecule has 0 amide bonds. The molecule has 7 nitrogen and oxygen atoms in total. The number of nitrogens with zero attached hydrogens (tertiary/aromatic N) is 4. The molecule has 0 atom stereocenters. The molecule has 114 valence electrons. The molecule has 0 aliphatic heterocycles. The molecule has 0 aliphatic rings. The zero-order chi connectivity index (χ0) is 16.2. The summed E-state index contributed by atoms with van der Waals surface area (Å²) in [4.78, 5) is 14.6. The highest BCUT2D eigenvalue weighted by atomic mass is 32.1. The molecule has 8 heteroatoms. The maximum atomic E-state index is 11.0. The fourth-order valence-electron chi connectivity index (χ4n) is 1.92. The number of para-hydroxylation sites is 2. The summed E-state index contributed by atoms with van der Waals surface area (Å²) in [5, 5.41) is 29.5. The van der Waals surface area contributed by atoms with Gasteiger partial charge in [0.05, 0.1) is 16.1 Å². The van der Waals surface area contributed by atoms with Crippen molar-refractivity contribution in [3.8, 4) is 16.3 Å². The van der Waals surface area contributed by atoms with E-state index in [0.717, 1.165) is 0 Å². The van der Waals surface area contributed by atoms with Crippen molar-refractivity contribution >= 4 is 28.4 Å². The average Bonchev–Trinajstić information content (AvgIpc) is 3.02. The Labute approximate surface area is 134 Å². The molecule has 0 radical (unpaired) electrons. The van der Waals surface area contributed by atoms with E-state index >= 15 is 0 Å². The Morgan fingerprint density at radius 2 is 1.87 bits per heavy atom. The SMILES string of the molecule is O=[N+]([O-])c1ccccc1/C=N/c1nnc(-c2ccccc2O)s1. The molecule has 0 fully saturated rings. The quantitative estimate of drug-likeness (QED) is 0.448. The molecule has 23 heavy (non-hydrogen) atoms. The minimum absolute atomic E-state index is 0.0262. The molecule has 0 unspecified atom stereocenters. The number of hydrogen-bond donors (Lipinski definition) is 1. The largest absolute Gasteiger partial charge is 0.507 e. The van der Waals surface area contributed by atoms with Crippen LogP contribution in [0, 0.1) is 10.1 Å². The number of aliphatic imine (C=N–C) groups is 1. The first-order valence-electron chi connectivity index (χ1n) is 6.54. The molecule has 1 aromatic heterocycles. The molecule has 0 saturated carbocycles. The molecule has 0 aliphatic carbocycles. The highest BCUT2D eigenvalue weighted by Crippen LogP contribution is 2.33. The Morgan fingerprint density at radius 1 is 1.13 bits per heavy atom. The van der Waals surface area contributed by atoms with Gasteiger partial charge in [-0.1, -0.05) is 35.6 Å². The van der Waals surface area contributed by atoms with Crippen molar-refractivity contribution in [1.82, 2.24) is 10.2 Å². The van der Waals surface area contributed by atoms with Gasteiger partial charge in [0.2, 0.25) is 5.13 Å². The van der Waals surface area contributed by atoms with Crippen LogP contribution in [0.5, 0.6) is 5.75 Å². The second-order valence-corrected chi connectivity index (χ2v) is 5.44. The summed E-state index contributed by atoms with van der Waals surface area (Å²) in [5.74, 6) is 0.109. The van der Waals surface area contributed by atoms with Crippen molar-refractivity contribution < 1.29 is 10.0 Å². The minimum atomic E-state index is -0.463. The van der Waals surface area contributed by atoms with Crippen LogP contribution >= 0.6 is 11.3 Å². The number of rotatable bonds is 4. The Morgan fingerprint density at radius 3 is 2.65 bits per heavy atom. The summed E-state index contributed by atoms with van der Waals surface area (Å²) in [5.41, 5.74) is 0.927. The number of aromatic hydroxyl groups is 1. The highest BCUT2D eigenvalue weighted by molar-refractivity contribution is 7.18. The molecule has 0 spiro atoms.